The van der Waals surface area contributed by atoms with Crippen molar-refractivity contribution in [2.45, 2.75) is 213 Å². The lowest BCUT2D eigenvalue weighted by Gasteiger charge is -2.58. The average molecular weight is 943 g/mol. The summed E-state index contributed by atoms with van der Waals surface area (Å²) in [7, 11) is 0. The van der Waals surface area contributed by atoms with E-state index in [1.165, 1.54) is 109 Å². The van der Waals surface area contributed by atoms with Gasteiger partial charge in [0.05, 0.1) is 12.7 Å². The lowest BCUT2D eigenvalue weighted by Crippen LogP contribution is -2.52. The highest BCUT2D eigenvalue weighted by Gasteiger charge is 2.59. The number of fused-ring (bicyclic) bond motifs is 5. The van der Waals surface area contributed by atoms with Crippen molar-refractivity contribution in [2.75, 3.05) is 13.2 Å². The van der Waals surface area contributed by atoms with Crippen LogP contribution in [0.1, 0.15) is 206 Å². The Morgan fingerprint density at radius 3 is 1.80 bits per heavy atom. The van der Waals surface area contributed by atoms with Crippen LogP contribution in [0.5, 0.6) is 0 Å². The van der Waals surface area contributed by atoms with Crippen molar-refractivity contribution >= 4 is 5.97 Å². The second-order valence-corrected chi connectivity index (χ2v) is 23.4. The zero-order valence-electron chi connectivity index (χ0n) is 44.2. The summed E-state index contributed by atoms with van der Waals surface area (Å²) in [6, 6.07) is 31.1. The van der Waals surface area contributed by atoms with Crippen LogP contribution in [0.2, 0.25) is 0 Å². The molecule has 0 spiro atoms. The first-order valence-electron chi connectivity index (χ1n) is 28.5. The second kappa shape index (κ2) is 25.9. The van der Waals surface area contributed by atoms with E-state index in [4.69, 9.17) is 14.2 Å². The Balaban J connectivity index is 1.07. The van der Waals surface area contributed by atoms with E-state index < -0.39 is 23.8 Å². The van der Waals surface area contributed by atoms with Crippen LogP contribution in [-0.2, 0) is 24.6 Å². The smallest absolute Gasteiger partial charge is 0.335 e. The van der Waals surface area contributed by atoms with Crippen LogP contribution in [0, 0.1) is 46.3 Å². The zero-order valence-corrected chi connectivity index (χ0v) is 44.2. The van der Waals surface area contributed by atoms with Gasteiger partial charge in [-0.05, 0) is 121 Å². The van der Waals surface area contributed by atoms with Crippen LogP contribution in [0.3, 0.4) is 0 Å². The van der Waals surface area contributed by atoms with Crippen LogP contribution in [-0.4, -0.2) is 42.6 Å². The fourth-order valence-electron chi connectivity index (χ4n) is 14.7. The Bertz CT molecular complexity index is 1880. The summed E-state index contributed by atoms with van der Waals surface area (Å²) < 4.78 is 21.0. The summed E-state index contributed by atoms with van der Waals surface area (Å²) >= 11 is 0. The SMILES string of the molecule is CCCCCCCCCCCCCCOC(C(=O)O)C(COC(c1ccccc1)(c1ccccc1)c1ccccc1)OC1CC[C@@]2(C)C(=CCC3C2CC[C@@]2(C)C3CC[C@@H]2[C@H](C)CCCC(C)C)C1. The minimum atomic E-state index is -1.16. The first-order chi connectivity index (χ1) is 33.5. The largest absolute Gasteiger partial charge is 0.479 e. The van der Waals surface area contributed by atoms with E-state index in [1.807, 2.05) is 18.2 Å². The standard InChI is InChI=1S/C64H94O5/c1-7-8-9-10-11-12-13-14-15-16-17-27-45-67-60(61(65)66)59(47-68-64(50-31-21-18-22-32-50,51-33-23-19-24-34-51)52-35-25-20-26-36-52)69-54-41-43-62(5)53(46-54)37-38-55-57-40-39-56(49(4)30-28-29-48(2)3)63(57,6)44-42-58(55)62/h18-26,31-37,48-49,54-60H,7-17,27-30,38-47H2,1-6H3,(H,65,66)/t49-,54?,55?,56-,57?,58?,59?,60?,62+,63-/m1/s1. The number of unbranched alkanes of at least 4 members (excludes halogenated alkanes) is 11. The van der Waals surface area contributed by atoms with E-state index >= 15 is 0 Å². The van der Waals surface area contributed by atoms with Gasteiger partial charge in [-0.15, -0.1) is 0 Å². The number of rotatable bonds is 29. The molecule has 5 nitrogen and oxygen atoms in total. The molecule has 69 heavy (non-hydrogen) atoms. The molecule has 0 saturated heterocycles. The molecule has 0 bridgehead atoms. The fraction of sp³-hybridized carbons (Fsp3) is 0.672. The number of allylic oxidation sites excluding steroid dienone is 1. The highest BCUT2D eigenvalue weighted by molar-refractivity contribution is 5.73. The number of carboxylic acids is 1. The van der Waals surface area contributed by atoms with Crippen LogP contribution in [0.25, 0.3) is 0 Å². The van der Waals surface area contributed by atoms with Crippen molar-refractivity contribution in [1.82, 2.24) is 0 Å². The number of hydrogen-bond acceptors (Lipinski definition) is 4. The van der Waals surface area contributed by atoms with Crippen LogP contribution in [0.15, 0.2) is 103 Å². The maximum Gasteiger partial charge on any atom is 0.335 e. The lowest BCUT2D eigenvalue weighted by molar-refractivity contribution is -0.181. The van der Waals surface area contributed by atoms with E-state index in [2.05, 4.69) is 120 Å². The highest BCUT2D eigenvalue weighted by Crippen LogP contribution is 2.67. The summed E-state index contributed by atoms with van der Waals surface area (Å²) in [4.78, 5) is 13.5. The molecule has 4 aliphatic rings. The number of carboxylic acid groups (broad SMARTS) is 1. The first-order valence-corrected chi connectivity index (χ1v) is 28.5. The number of hydrogen-bond donors (Lipinski definition) is 1. The van der Waals surface area contributed by atoms with Gasteiger partial charge in [-0.25, -0.2) is 4.79 Å². The van der Waals surface area contributed by atoms with Crippen molar-refractivity contribution in [2.24, 2.45) is 46.3 Å². The molecular formula is C64H94O5. The quantitative estimate of drug-likeness (QED) is 0.0427. The molecule has 1 N–H and O–H groups in total. The third-order valence-electron chi connectivity index (χ3n) is 18.5. The van der Waals surface area contributed by atoms with Crippen molar-refractivity contribution in [3.63, 3.8) is 0 Å². The number of ether oxygens (including phenoxy) is 3. The van der Waals surface area contributed by atoms with Gasteiger partial charge in [-0.1, -0.05) is 234 Å². The molecule has 0 aliphatic heterocycles. The van der Waals surface area contributed by atoms with Crippen molar-refractivity contribution in [1.29, 1.82) is 0 Å². The topological polar surface area (TPSA) is 65.0 Å². The molecule has 3 aromatic rings. The molecule has 0 heterocycles. The third-order valence-corrected chi connectivity index (χ3v) is 18.5. The number of aliphatic carboxylic acids is 1. The van der Waals surface area contributed by atoms with Gasteiger partial charge in [0.2, 0.25) is 0 Å². The van der Waals surface area contributed by atoms with Gasteiger partial charge in [0.15, 0.2) is 6.10 Å². The summed E-state index contributed by atoms with van der Waals surface area (Å²) in [6.45, 7) is 15.3. The van der Waals surface area contributed by atoms with Gasteiger partial charge >= 0.3 is 5.97 Å². The minimum absolute atomic E-state index is 0.0585. The maximum atomic E-state index is 13.5. The normalized spacial score (nSPS) is 26.9. The van der Waals surface area contributed by atoms with Gasteiger partial charge in [0.1, 0.15) is 11.7 Å². The molecule has 0 aromatic heterocycles. The summed E-state index contributed by atoms with van der Waals surface area (Å²) in [6.07, 6.45) is 29.1. The molecule has 5 heteroatoms. The Morgan fingerprint density at radius 1 is 0.681 bits per heavy atom. The summed E-state index contributed by atoms with van der Waals surface area (Å²) in [5.41, 5.74) is 4.13. The Morgan fingerprint density at radius 2 is 1.25 bits per heavy atom. The number of benzene rings is 3. The molecule has 6 unspecified atom stereocenters. The Hall–Kier alpha value is -3.25. The fourth-order valence-corrected chi connectivity index (χ4v) is 14.7. The monoisotopic (exact) mass is 943 g/mol. The van der Waals surface area contributed by atoms with E-state index in [-0.39, 0.29) is 18.1 Å². The third kappa shape index (κ3) is 13.1. The van der Waals surface area contributed by atoms with E-state index in [0.29, 0.717) is 17.9 Å². The second-order valence-electron chi connectivity index (χ2n) is 23.4. The molecule has 7 rings (SSSR count). The van der Waals surface area contributed by atoms with Crippen molar-refractivity contribution < 1.29 is 24.1 Å². The van der Waals surface area contributed by atoms with Crippen LogP contribution in [0.4, 0.5) is 0 Å². The molecule has 0 amide bonds. The van der Waals surface area contributed by atoms with Crippen LogP contribution >= 0.6 is 0 Å². The molecule has 3 aromatic carbocycles. The molecule has 380 valence electrons. The maximum absolute atomic E-state index is 13.5. The first kappa shape index (κ1) is 53.5. The Labute approximate surface area is 420 Å². The predicted molar refractivity (Wildman–Crippen MR) is 285 cm³/mol. The van der Waals surface area contributed by atoms with E-state index in [1.54, 1.807) is 5.57 Å². The summed E-state index contributed by atoms with van der Waals surface area (Å²) in [5, 5.41) is 11.0. The van der Waals surface area contributed by atoms with Crippen molar-refractivity contribution in [3.8, 4) is 0 Å². The Kier molecular flexibility index (Phi) is 20.1. The van der Waals surface area contributed by atoms with Crippen LogP contribution < -0.4 is 0 Å². The minimum Gasteiger partial charge on any atom is -0.479 e. The predicted octanol–water partition coefficient (Wildman–Crippen LogP) is 17.0. The van der Waals surface area contributed by atoms with Gasteiger partial charge in [0.25, 0.3) is 0 Å². The average Bonchev–Trinajstić information content (AvgIpc) is 3.72. The molecule has 3 fully saturated rings. The zero-order chi connectivity index (χ0) is 48.7. The lowest BCUT2D eigenvalue weighted by atomic mass is 9.47. The van der Waals surface area contributed by atoms with Gasteiger partial charge in [-0.3, -0.25) is 0 Å². The molecule has 3 saturated carbocycles. The van der Waals surface area contributed by atoms with Crippen molar-refractivity contribution in [3.05, 3.63) is 119 Å². The highest BCUT2D eigenvalue weighted by atomic mass is 16.6. The number of carbonyl (C=O) groups is 1. The summed E-state index contributed by atoms with van der Waals surface area (Å²) in [5.74, 6) is 3.76. The van der Waals surface area contributed by atoms with Gasteiger partial charge in [0, 0.05) is 6.61 Å². The molecule has 4 aliphatic carbocycles. The van der Waals surface area contributed by atoms with Gasteiger partial charge in [-0.2, -0.15) is 0 Å². The van der Waals surface area contributed by atoms with E-state index in [0.717, 1.165) is 84.8 Å². The van der Waals surface area contributed by atoms with Gasteiger partial charge < -0.3 is 19.3 Å². The molecule has 0 radical (unpaired) electrons. The molecular weight excluding hydrogens is 849 g/mol. The molecule has 10 atom stereocenters. The van der Waals surface area contributed by atoms with E-state index in [9.17, 15) is 9.90 Å².